The molecule has 0 atom stereocenters. The highest BCUT2D eigenvalue weighted by Crippen LogP contribution is 2.38. The molecule has 4 rings (SSSR count). The summed E-state index contributed by atoms with van der Waals surface area (Å²) in [5, 5.41) is 5.77. The Morgan fingerprint density at radius 1 is 1.00 bits per heavy atom. The molecule has 1 saturated heterocycles. The van der Waals surface area contributed by atoms with E-state index in [2.05, 4.69) is 10.6 Å². The molecule has 34 heavy (non-hydrogen) atoms. The maximum Gasteiger partial charge on any atom is 0.341 e. The van der Waals surface area contributed by atoms with Crippen molar-refractivity contribution in [1.29, 1.82) is 0 Å². The highest BCUT2D eigenvalue weighted by atomic mass is 32.2. The van der Waals surface area contributed by atoms with Crippen molar-refractivity contribution in [1.82, 2.24) is 4.31 Å². The van der Waals surface area contributed by atoms with Crippen LogP contribution in [-0.4, -0.2) is 50.2 Å². The lowest BCUT2D eigenvalue weighted by atomic mass is 9.95. The Kier molecular flexibility index (Phi) is 7.34. The Morgan fingerprint density at radius 3 is 2.35 bits per heavy atom. The number of benzene rings is 1. The molecule has 1 fully saturated rings. The second kappa shape index (κ2) is 10.2. The molecule has 0 unspecified atom stereocenters. The van der Waals surface area contributed by atoms with Gasteiger partial charge in [0.25, 0.3) is 5.91 Å². The maximum atomic E-state index is 12.8. The van der Waals surface area contributed by atoms with Gasteiger partial charge in [-0.3, -0.25) is 9.59 Å². The molecule has 1 aliphatic heterocycles. The Morgan fingerprint density at radius 2 is 1.68 bits per heavy atom. The molecule has 1 aliphatic carbocycles. The van der Waals surface area contributed by atoms with Gasteiger partial charge in [0.2, 0.25) is 15.9 Å². The second-order valence-electron chi connectivity index (χ2n) is 8.36. The molecule has 9 nitrogen and oxygen atoms in total. The number of anilines is 2. The highest BCUT2D eigenvalue weighted by Gasteiger charge is 2.28. The lowest BCUT2D eigenvalue weighted by Gasteiger charge is -2.15. The minimum absolute atomic E-state index is 0.173. The quantitative estimate of drug-likeness (QED) is 0.558. The van der Waals surface area contributed by atoms with Gasteiger partial charge in [-0.15, -0.1) is 11.3 Å². The summed E-state index contributed by atoms with van der Waals surface area (Å²) in [5.41, 5.74) is 1.62. The van der Waals surface area contributed by atoms with Crippen molar-refractivity contribution >= 4 is 49.8 Å². The number of aryl methyl sites for hydroxylation is 1. The minimum atomic E-state index is -3.53. The predicted molar refractivity (Wildman–Crippen MR) is 129 cm³/mol. The average molecular weight is 506 g/mol. The number of fused-ring (bicyclic) bond motifs is 1. The lowest BCUT2D eigenvalue weighted by molar-refractivity contribution is -0.119. The number of carbonyl (C=O) groups excluding carboxylic acids is 3. The van der Waals surface area contributed by atoms with Crippen LogP contribution in [0.1, 0.15) is 53.4 Å². The molecule has 1 aromatic heterocycles. The van der Waals surface area contributed by atoms with Gasteiger partial charge in [-0.2, -0.15) is 4.31 Å². The molecule has 2 aromatic rings. The number of sulfonamides is 1. The van der Waals surface area contributed by atoms with E-state index >= 15 is 0 Å². The van der Waals surface area contributed by atoms with E-state index in [-0.39, 0.29) is 10.8 Å². The van der Waals surface area contributed by atoms with Crippen molar-refractivity contribution in [3.05, 3.63) is 40.3 Å². The Hall–Kier alpha value is -2.76. The van der Waals surface area contributed by atoms with E-state index in [9.17, 15) is 22.8 Å². The molecule has 11 heteroatoms. The zero-order valence-corrected chi connectivity index (χ0v) is 20.5. The molecule has 2 heterocycles. The number of hydrogen-bond acceptors (Lipinski definition) is 7. The Balaban J connectivity index is 1.38. The van der Waals surface area contributed by atoms with E-state index in [1.807, 2.05) is 0 Å². The number of rotatable bonds is 7. The van der Waals surface area contributed by atoms with Gasteiger partial charge in [0.15, 0.2) is 6.61 Å². The number of nitrogens with zero attached hydrogens (tertiary/aromatic N) is 1. The van der Waals surface area contributed by atoms with E-state index in [4.69, 9.17) is 4.74 Å². The molecule has 0 radical (unpaired) electrons. The molecular weight excluding hydrogens is 478 g/mol. The zero-order chi connectivity index (χ0) is 24.3. The summed E-state index contributed by atoms with van der Waals surface area (Å²) < 4.78 is 31.9. The van der Waals surface area contributed by atoms with Gasteiger partial charge < -0.3 is 15.4 Å². The molecular formula is C23H27N3O6S2. The largest absolute Gasteiger partial charge is 0.452 e. The van der Waals surface area contributed by atoms with Crippen LogP contribution in [0.3, 0.4) is 0 Å². The zero-order valence-electron chi connectivity index (χ0n) is 18.9. The molecule has 2 aliphatic rings. The number of esters is 1. The van der Waals surface area contributed by atoms with Crippen LogP contribution in [0.25, 0.3) is 0 Å². The number of amides is 2. The molecule has 182 valence electrons. The van der Waals surface area contributed by atoms with Gasteiger partial charge >= 0.3 is 5.97 Å². The van der Waals surface area contributed by atoms with E-state index in [0.717, 1.165) is 49.0 Å². The van der Waals surface area contributed by atoms with Gasteiger partial charge in [0.05, 0.1) is 10.5 Å². The fourth-order valence-electron chi connectivity index (χ4n) is 4.22. The summed E-state index contributed by atoms with van der Waals surface area (Å²) in [6.07, 6.45) is 5.27. The average Bonchev–Trinajstić information content (AvgIpc) is 3.46. The summed E-state index contributed by atoms with van der Waals surface area (Å²) >= 11 is 1.38. The summed E-state index contributed by atoms with van der Waals surface area (Å²) in [7, 11) is -3.53. The topological polar surface area (TPSA) is 122 Å². The van der Waals surface area contributed by atoms with E-state index in [0.29, 0.717) is 29.3 Å². The van der Waals surface area contributed by atoms with Gasteiger partial charge in [-0.1, -0.05) is 0 Å². The van der Waals surface area contributed by atoms with Gasteiger partial charge in [0, 0.05) is 30.6 Å². The van der Waals surface area contributed by atoms with Gasteiger partial charge in [-0.25, -0.2) is 13.2 Å². The van der Waals surface area contributed by atoms with E-state index in [1.165, 1.54) is 46.8 Å². The minimum Gasteiger partial charge on any atom is -0.452 e. The van der Waals surface area contributed by atoms with Crippen molar-refractivity contribution in [2.75, 3.05) is 30.3 Å². The summed E-state index contributed by atoms with van der Waals surface area (Å²) in [5.74, 6) is -1.47. The number of ether oxygens (including phenoxy) is 1. The van der Waals surface area contributed by atoms with E-state index in [1.54, 1.807) is 0 Å². The van der Waals surface area contributed by atoms with Gasteiger partial charge in [-0.05, 0) is 68.4 Å². The number of nitrogens with one attached hydrogen (secondary N) is 2. The molecule has 0 spiro atoms. The SMILES string of the molecule is CC(=O)Nc1sc2c(c1C(=O)OCC(=O)Nc1ccc(S(=O)(=O)N3CCCC3)cc1)CCCC2. The van der Waals surface area contributed by atoms with Crippen molar-refractivity contribution in [2.45, 2.75) is 50.3 Å². The third-order valence-corrected chi connectivity index (χ3v) is 8.96. The van der Waals surface area contributed by atoms with E-state index < -0.39 is 28.5 Å². The Bertz CT molecular complexity index is 1200. The van der Waals surface area contributed by atoms with Crippen molar-refractivity contribution in [3.63, 3.8) is 0 Å². The number of thiophene rings is 1. The molecule has 0 saturated carbocycles. The fraction of sp³-hybridized carbons (Fsp3) is 0.435. The first kappa shape index (κ1) is 24.4. The van der Waals surface area contributed by atoms with Crippen LogP contribution in [-0.2, 0) is 37.2 Å². The normalized spacial score (nSPS) is 16.0. The van der Waals surface area contributed by atoms with Gasteiger partial charge in [0.1, 0.15) is 5.00 Å². The van der Waals surface area contributed by atoms with Crippen LogP contribution in [0, 0.1) is 0 Å². The van der Waals surface area contributed by atoms with Crippen LogP contribution in [0.2, 0.25) is 0 Å². The van der Waals surface area contributed by atoms with Crippen LogP contribution in [0.4, 0.5) is 10.7 Å². The van der Waals surface area contributed by atoms with Crippen molar-refractivity contribution < 1.29 is 27.5 Å². The van der Waals surface area contributed by atoms with Crippen LogP contribution < -0.4 is 10.6 Å². The summed E-state index contributed by atoms with van der Waals surface area (Å²) in [6, 6.07) is 5.92. The standard InChI is InChI=1S/C23H27N3O6S2/c1-15(27)24-22-21(18-6-2-3-7-19(18)33-22)23(29)32-14-20(28)25-16-8-10-17(11-9-16)34(30,31)26-12-4-5-13-26/h8-11H,2-7,12-14H2,1H3,(H,24,27)(H,25,28). The monoisotopic (exact) mass is 505 g/mol. The third kappa shape index (κ3) is 5.31. The summed E-state index contributed by atoms with van der Waals surface area (Å²) in [4.78, 5) is 38.0. The molecule has 2 amide bonds. The number of carbonyl (C=O) groups is 3. The summed E-state index contributed by atoms with van der Waals surface area (Å²) in [6.45, 7) is 1.91. The van der Waals surface area contributed by atoms with Crippen LogP contribution in [0.5, 0.6) is 0 Å². The molecule has 0 bridgehead atoms. The first-order chi connectivity index (χ1) is 16.3. The maximum absolute atomic E-state index is 12.8. The lowest BCUT2D eigenvalue weighted by Crippen LogP contribution is -2.27. The molecule has 2 N–H and O–H groups in total. The smallest absolute Gasteiger partial charge is 0.341 e. The predicted octanol–water partition coefficient (Wildman–Crippen LogP) is 3.17. The molecule has 1 aromatic carbocycles. The van der Waals surface area contributed by atoms with Crippen molar-refractivity contribution in [3.8, 4) is 0 Å². The third-order valence-electron chi connectivity index (χ3n) is 5.84. The number of hydrogen-bond donors (Lipinski definition) is 2. The van der Waals surface area contributed by atoms with Crippen molar-refractivity contribution in [2.24, 2.45) is 0 Å². The second-order valence-corrected chi connectivity index (χ2v) is 11.4. The highest BCUT2D eigenvalue weighted by molar-refractivity contribution is 7.89. The first-order valence-corrected chi connectivity index (χ1v) is 13.5. The first-order valence-electron chi connectivity index (χ1n) is 11.2. The Labute approximate surface area is 202 Å². The fourth-order valence-corrected chi connectivity index (χ4v) is 7.06. The van der Waals surface area contributed by atoms with Crippen LogP contribution in [0.15, 0.2) is 29.2 Å². The van der Waals surface area contributed by atoms with Crippen LogP contribution >= 0.6 is 11.3 Å².